The second-order valence-corrected chi connectivity index (χ2v) is 4.53. The maximum absolute atomic E-state index is 13.0. The normalized spacial score (nSPS) is 11.7. The molecule has 0 heterocycles. The molecule has 0 saturated heterocycles. The number of nitrogens with two attached hydrogens (primary N) is 1. The fourth-order valence-corrected chi connectivity index (χ4v) is 1.61. The van der Waals surface area contributed by atoms with Crippen molar-refractivity contribution in [2.75, 3.05) is 0 Å². The Balaban J connectivity index is 3.47. The van der Waals surface area contributed by atoms with E-state index < -0.39 is 15.8 Å². The van der Waals surface area contributed by atoms with Crippen molar-refractivity contribution >= 4 is 21.6 Å². The Morgan fingerprint density at radius 2 is 2.00 bits per heavy atom. The van der Waals surface area contributed by atoms with E-state index in [0.717, 1.165) is 12.1 Å². The lowest BCUT2D eigenvalue weighted by molar-refractivity contribution is 0.590. The molecule has 0 atom stereocenters. The van der Waals surface area contributed by atoms with Crippen LogP contribution in [-0.4, -0.2) is 8.42 Å². The van der Waals surface area contributed by atoms with Gasteiger partial charge < -0.3 is 0 Å². The van der Waals surface area contributed by atoms with Crippen LogP contribution in [0.2, 0.25) is 5.02 Å². The van der Waals surface area contributed by atoms with Gasteiger partial charge in [0.05, 0.1) is 4.90 Å². The van der Waals surface area contributed by atoms with Gasteiger partial charge in [0.25, 0.3) is 0 Å². The summed E-state index contributed by atoms with van der Waals surface area (Å²) in [5.41, 5.74) is 0.203. The number of halogens is 2. The summed E-state index contributed by atoms with van der Waals surface area (Å²) in [6.07, 6.45) is 0. The molecule has 0 aliphatic carbocycles. The first-order valence-corrected chi connectivity index (χ1v) is 5.23. The van der Waals surface area contributed by atoms with Crippen LogP contribution < -0.4 is 5.14 Å². The molecule has 72 valence electrons. The monoisotopic (exact) mass is 223 g/mol. The molecule has 0 aliphatic heterocycles. The van der Waals surface area contributed by atoms with Crippen LogP contribution in [0, 0.1) is 12.7 Å². The molecule has 0 aromatic heterocycles. The van der Waals surface area contributed by atoms with Gasteiger partial charge in [-0.1, -0.05) is 11.6 Å². The Hall–Kier alpha value is -0.650. The first kappa shape index (κ1) is 10.4. The maximum Gasteiger partial charge on any atom is 0.238 e. The first-order chi connectivity index (χ1) is 5.82. The Morgan fingerprint density at radius 1 is 1.46 bits per heavy atom. The largest absolute Gasteiger partial charge is 0.238 e. The van der Waals surface area contributed by atoms with E-state index in [1.807, 2.05) is 0 Å². The van der Waals surface area contributed by atoms with E-state index in [9.17, 15) is 12.8 Å². The van der Waals surface area contributed by atoms with Crippen LogP contribution in [-0.2, 0) is 10.0 Å². The number of hydrogen-bond acceptors (Lipinski definition) is 2. The van der Waals surface area contributed by atoms with Crippen LogP contribution in [0.3, 0.4) is 0 Å². The van der Waals surface area contributed by atoms with E-state index in [-0.39, 0.29) is 15.5 Å². The van der Waals surface area contributed by atoms with E-state index in [0.29, 0.717) is 0 Å². The molecular formula is C7H7ClFNO2S. The third-order valence-electron chi connectivity index (χ3n) is 1.58. The van der Waals surface area contributed by atoms with Crippen LogP contribution in [0.5, 0.6) is 0 Å². The van der Waals surface area contributed by atoms with Gasteiger partial charge in [0.15, 0.2) is 0 Å². The van der Waals surface area contributed by atoms with Gasteiger partial charge in [0, 0.05) is 10.6 Å². The van der Waals surface area contributed by atoms with E-state index >= 15 is 0 Å². The second-order valence-electron chi connectivity index (χ2n) is 2.56. The molecule has 0 amide bonds. The van der Waals surface area contributed by atoms with Crippen molar-refractivity contribution in [3.8, 4) is 0 Å². The zero-order valence-corrected chi connectivity index (χ0v) is 8.29. The standard InChI is InChI=1S/C7H7ClFNO2S/c1-4-6(8)2-5(3-7(4)9)13(10,11)12/h2-3H,1H3,(H2,10,11,12). The fraction of sp³-hybridized carbons (Fsp3) is 0.143. The first-order valence-electron chi connectivity index (χ1n) is 3.31. The lowest BCUT2D eigenvalue weighted by Gasteiger charge is -2.02. The highest BCUT2D eigenvalue weighted by Gasteiger charge is 2.12. The highest BCUT2D eigenvalue weighted by Crippen LogP contribution is 2.22. The Morgan fingerprint density at radius 3 is 2.38 bits per heavy atom. The van der Waals surface area contributed by atoms with Crippen molar-refractivity contribution in [2.45, 2.75) is 11.8 Å². The Bertz CT molecular complexity index is 421. The molecule has 3 nitrogen and oxygen atoms in total. The molecule has 1 aromatic rings. The summed E-state index contributed by atoms with van der Waals surface area (Å²) in [6, 6.07) is 1.96. The molecule has 0 radical (unpaired) electrons. The van der Waals surface area contributed by atoms with Gasteiger partial charge in [0.1, 0.15) is 5.82 Å². The average molecular weight is 224 g/mol. The minimum atomic E-state index is -3.89. The van der Waals surface area contributed by atoms with Gasteiger partial charge in [-0.3, -0.25) is 0 Å². The van der Waals surface area contributed by atoms with Crippen LogP contribution in [0.1, 0.15) is 5.56 Å². The fourth-order valence-electron chi connectivity index (χ4n) is 0.786. The molecule has 0 unspecified atom stereocenters. The van der Waals surface area contributed by atoms with Crippen molar-refractivity contribution in [3.63, 3.8) is 0 Å². The van der Waals surface area contributed by atoms with E-state index in [2.05, 4.69) is 0 Å². The smallest absolute Gasteiger partial charge is 0.225 e. The van der Waals surface area contributed by atoms with Crippen LogP contribution in [0.4, 0.5) is 4.39 Å². The third-order valence-corrected chi connectivity index (χ3v) is 2.87. The summed E-state index contributed by atoms with van der Waals surface area (Å²) in [5.74, 6) is -0.684. The summed E-state index contributed by atoms with van der Waals surface area (Å²) in [7, 11) is -3.89. The number of hydrogen-bond donors (Lipinski definition) is 1. The second kappa shape index (κ2) is 3.25. The van der Waals surface area contributed by atoms with E-state index in [1.54, 1.807) is 0 Å². The van der Waals surface area contributed by atoms with Gasteiger partial charge in [-0.25, -0.2) is 17.9 Å². The van der Waals surface area contributed by atoms with Crippen molar-refractivity contribution in [1.82, 2.24) is 0 Å². The molecule has 2 N–H and O–H groups in total. The molecular weight excluding hydrogens is 217 g/mol. The predicted octanol–water partition coefficient (Wildman–Crippen LogP) is 1.43. The van der Waals surface area contributed by atoms with Crippen molar-refractivity contribution in [2.24, 2.45) is 5.14 Å². The van der Waals surface area contributed by atoms with Crippen LogP contribution >= 0.6 is 11.6 Å². The molecule has 1 rings (SSSR count). The molecule has 0 aliphatic rings. The third kappa shape index (κ3) is 2.18. The number of sulfonamides is 1. The van der Waals surface area contributed by atoms with Crippen molar-refractivity contribution in [3.05, 3.63) is 28.5 Å². The Kier molecular flexibility index (Phi) is 2.61. The zero-order chi connectivity index (χ0) is 10.2. The molecule has 0 bridgehead atoms. The predicted molar refractivity (Wildman–Crippen MR) is 47.5 cm³/mol. The summed E-state index contributed by atoms with van der Waals surface area (Å²) in [6.45, 7) is 1.45. The number of primary sulfonamides is 1. The van der Waals surface area contributed by atoms with E-state index in [1.165, 1.54) is 6.92 Å². The summed E-state index contributed by atoms with van der Waals surface area (Å²) < 4.78 is 34.6. The summed E-state index contributed by atoms with van der Waals surface area (Å²) in [4.78, 5) is -0.319. The van der Waals surface area contributed by atoms with Crippen molar-refractivity contribution in [1.29, 1.82) is 0 Å². The van der Waals surface area contributed by atoms with Gasteiger partial charge in [-0.15, -0.1) is 0 Å². The number of rotatable bonds is 1. The van der Waals surface area contributed by atoms with Gasteiger partial charge >= 0.3 is 0 Å². The SMILES string of the molecule is Cc1c(F)cc(S(N)(=O)=O)cc1Cl. The van der Waals surface area contributed by atoms with Crippen LogP contribution in [0.25, 0.3) is 0 Å². The molecule has 0 spiro atoms. The molecule has 13 heavy (non-hydrogen) atoms. The molecule has 6 heteroatoms. The minimum Gasteiger partial charge on any atom is -0.225 e. The molecule has 0 saturated carbocycles. The quantitative estimate of drug-likeness (QED) is 0.783. The van der Waals surface area contributed by atoms with E-state index in [4.69, 9.17) is 16.7 Å². The zero-order valence-electron chi connectivity index (χ0n) is 6.71. The summed E-state index contributed by atoms with van der Waals surface area (Å²) >= 11 is 5.57. The minimum absolute atomic E-state index is 0.0454. The van der Waals surface area contributed by atoms with Gasteiger partial charge in [-0.05, 0) is 19.1 Å². The van der Waals surface area contributed by atoms with Gasteiger partial charge in [-0.2, -0.15) is 0 Å². The molecule has 1 aromatic carbocycles. The topological polar surface area (TPSA) is 60.2 Å². The summed E-state index contributed by atoms with van der Waals surface area (Å²) in [5, 5.41) is 4.84. The maximum atomic E-state index is 13.0. The van der Waals surface area contributed by atoms with Crippen molar-refractivity contribution < 1.29 is 12.8 Å². The number of benzene rings is 1. The molecule has 0 fully saturated rings. The van der Waals surface area contributed by atoms with Crippen LogP contribution in [0.15, 0.2) is 17.0 Å². The lowest BCUT2D eigenvalue weighted by atomic mass is 10.2. The highest BCUT2D eigenvalue weighted by atomic mass is 35.5. The van der Waals surface area contributed by atoms with Gasteiger partial charge in [0.2, 0.25) is 10.0 Å². The average Bonchev–Trinajstić information content (AvgIpc) is 1.97. The lowest BCUT2D eigenvalue weighted by Crippen LogP contribution is -2.12. The Labute approximate surface area is 80.4 Å². The highest BCUT2D eigenvalue weighted by molar-refractivity contribution is 7.89.